The molecule has 0 saturated carbocycles. The average Bonchev–Trinajstić information content (AvgIpc) is 3.18. The molecule has 0 aliphatic carbocycles. The highest BCUT2D eigenvalue weighted by molar-refractivity contribution is 5.31. The van der Waals surface area contributed by atoms with Crippen LogP contribution in [0.3, 0.4) is 0 Å². The lowest BCUT2D eigenvalue weighted by Crippen LogP contribution is -2.35. The van der Waals surface area contributed by atoms with Gasteiger partial charge < -0.3 is 4.57 Å². The fraction of sp³-hybridized carbons (Fsp3) is 0.304. The average molecular weight is 356 g/mol. The van der Waals surface area contributed by atoms with Crippen molar-refractivity contribution in [1.82, 2.24) is 14.5 Å². The second-order valence-corrected chi connectivity index (χ2v) is 7.28. The van der Waals surface area contributed by atoms with Crippen molar-refractivity contribution in [2.45, 2.75) is 31.8 Å². The maximum atomic E-state index is 8.95. The Kier molecular flexibility index (Phi) is 5.32. The number of nitriles is 1. The van der Waals surface area contributed by atoms with E-state index in [-0.39, 0.29) is 0 Å². The van der Waals surface area contributed by atoms with Gasteiger partial charge in [0.05, 0.1) is 11.6 Å². The van der Waals surface area contributed by atoms with E-state index in [4.69, 9.17) is 10.2 Å². The smallest absolute Gasteiger partial charge is 0.113 e. The standard InChI is InChI=1S/C23H24N4/c24-15-19-8-10-21(11-9-19)16-26-13-4-7-22(18-26)23-25-12-14-27(23)17-20-5-2-1-3-6-20/h1-3,5-6,8-12,14,22H,4,7,13,16-18H2/t22-/m0/s1. The number of rotatable bonds is 5. The number of likely N-dealkylation sites (tertiary alicyclic amines) is 1. The molecule has 1 aliphatic rings. The first-order valence-electron chi connectivity index (χ1n) is 9.58. The van der Waals surface area contributed by atoms with Gasteiger partial charge in [-0.2, -0.15) is 5.26 Å². The molecule has 1 atom stereocenters. The van der Waals surface area contributed by atoms with Crippen LogP contribution < -0.4 is 0 Å². The monoisotopic (exact) mass is 356 g/mol. The minimum absolute atomic E-state index is 0.468. The first-order chi connectivity index (χ1) is 13.3. The summed E-state index contributed by atoms with van der Waals surface area (Å²) < 4.78 is 2.30. The van der Waals surface area contributed by atoms with E-state index in [0.717, 1.165) is 31.7 Å². The maximum Gasteiger partial charge on any atom is 0.113 e. The number of imidazole rings is 1. The summed E-state index contributed by atoms with van der Waals surface area (Å²) in [4.78, 5) is 7.21. The molecule has 4 heteroatoms. The Labute approximate surface area is 160 Å². The van der Waals surface area contributed by atoms with E-state index in [0.29, 0.717) is 5.92 Å². The number of benzene rings is 2. The molecule has 1 aromatic heterocycles. The Balaban J connectivity index is 1.44. The molecule has 2 heterocycles. The molecule has 1 fully saturated rings. The summed E-state index contributed by atoms with van der Waals surface area (Å²) >= 11 is 0. The lowest BCUT2D eigenvalue weighted by Gasteiger charge is -2.32. The summed E-state index contributed by atoms with van der Waals surface area (Å²) in [6.07, 6.45) is 6.41. The Hall–Kier alpha value is -2.90. The lowest BCUT2D eigenvalue weighted by atomic mass is 9.96. The molecule has 1 saturated heterocycles. The third kappa shape index (κ3) is 4.27. The SMILES string of the molecule is N#Cc1ccc(CN2CCC[C@H](c3nccn3Cc3ccccc3)C2)cc1. The summed E-state index contributed by atoms with van der Waals surface area (Å²) in [7, 11) is 0. The third-order valence-corrected chi connectivity index (χ3v) is 5.30. The Morgan fingerprint density at radius 2 is 1.78 bits per heavy atom. The summed E-state index contributed by atoms with van der Waals surface area (Å²) in [6, 6.07) is 20.7. The van der Waals surface area contributed by atoms with Crippen molar-refractivity contribution in [2.75, 3.05) is 13.1 Å². The fourth-order valence-electron chi connectivity index (χ4n) is 3.95. The van der Waals surface area contributed by atoms with Crippen molar-refractivity contribution in [3.8, 4) is 6.07 Å². The van der Waals surface area contributed by atoms with E-state index >= 15 is 0 Å². The highest BCUT2D eigenvalue weighted by Crippen LogP contribution is 2.27. The lowest BCUT2D eigenvalue weighted by molar-refractivity contribution is 0.195. The van der Waals surface area contributed by atoms with Gasteiger partial charge in [-0.25, -0.2) is 4.98 Å². The van der Waals surface area contributed by atoms with Crippen LogP contribution in [0.2, 0.25) is 0 Å². The van der Waals surface area contributed by atoms with E-state index in [9.17, 15) is 0 Å². The Morgan fingerprint density at radius 3 is 2.56 bits per heavy atom. The van der Waals surface area contributed by atoms with Crippen molar-refractivity contribution in [3.05, 3.63) is 89.5 Å². The Bertz CT molecular complexity index is 906. The van der Waals surface area contributed by atoms with E-state index in [2.05, 4.69) is 64.2 Å². The molecule has 4 rings (SSSR count). The van der Waals surface area contributed by atoms with Crippen LogP contribution in [0.4, 0.5) is 0 Å². The van der Waals surface area contributed by atoms with Crippen molar-refractivity contribution >= 4 is 0 Å². The van der Waals surface area contributed by atoms with Gasteiger partial charge in [-0.3, -0.25) is 4.90 Å². The number of nitrogens with zero attached hydrogens (tertiary/aromatic N) is 4. The van der Waals surface area contributed by atoms with Gasteiger partial charge >= 0.3 is 0 Å². The summed E-state index contributed by atoms with van der Waals surface area (Å²) in [5, 5.41) is 8.95. The second kappa shape index (κ2) is 8.20. The largest absolute Gasteiger partial charge is 0.330 e. The molecule has 3 aromatic rings. The molecule has 0 radical (unpaired) electrons. The normalized spacial score (nSPS) is 17.5. The summed E-state index contributed by atoms with van der Waals surface area (Å²) in [5.41, 5.74) is 3.29. The number of hydrogen-bond acceptors (Lipinski definition) is 3. The van der Waals surface area contributed by atoms with Gasteiger partial charge in [0.1, 0.15) is 5.82 Å². The molecule has 0 spiro atoms. The van der Waals surface area contributed by atoms with Gasteiger partial charge in [-0.15, -0.1) is 0 Å². The third-order valence-electron chi connectivity index (χ3n) is 5.30. The number of hydrogen-bond donors (Lipinski definition) is 0. The summed E-state index contributed by atoms with van der Waals surface area (Å²) in [6.45, 7) is 3.96. The zero-order valence-corrected chi connectivity index (χ0v) is 15.5. The van der Waals surface area contributed by atoms with Gasteiger partial charge in [0.15, 0.2) is 0 Å². The molecule has 0 N–H and O–H groups in total. The van der Waals surface area contributed by atoms with Crippen LogP contribution in [0.15, 0.2) is 67.0 Å². The Morgan fingerprint density at radius 1 is 1.00 bits per heavy atom. The predicted molar refractivity (Wildman–Crippen MR) is 106 cm³/mol. The van der Waals surface area contributed by atoms with Crippen molar-refractivity contribution < 1.29 is 0 Å². The van der Waals surface area contributed by atoms with Gasteiger partial charge in [0.25, 0.3) is 0 Å². The zero-order chi connectivity index (χ0) is 18.5. The first-order valence-corrected chi connectivity index (χ1v) is 9.58. The quantitative estimate of drug-likeness (QED) is 0.689. The number of piperidine rings is 1. The molecule has 27 heavy (non-hydrogen) atoms. The molecule has 0 bridgehead atoms. The van der Waals surface area contributed by atoms with Crippen LogP contribution >= 0.6 is 0 Å². The highest BCUT2D eigenvalue weighted by atomic mass is 15.1. The minimum atomic E-state index is 0.468. The van der Waals surface area contributed by atoms with E-state index in [1.807, 2.05) is 18.3 Å². The second-order valence-electron chi connectivity index (χ2n) is 7.28. The van der Waals surface area contributed by atoms with Gasteiger partial charge in [0.2, 0.25) is 0 Å². The topological polar surface area (TPSA) is 44.9 Å². The van der Waals surface area contributed by atoms with E-state index in [1.54, 1.807) is 0 Å². The molecule has 4 nitrogen and oxygen atoms in total. The maximum absolute atomic E-state index is 8.95. The minimum Gasteiger partial charge on any atom is -0.330 e. The molecule has 0 amide bonds. The van der Waals surface area contributed by atoms with Crippen LogP contribution in [0.1, 0.15) is 41.3 Å². The van der Waals surface area contributed by atoms with Crippen LogP contribution in [0.5, 0.6) is 0 Å². The van der Waals surface area contributed by atoms with Gasteiger partial charge in [-0.1, -0.05) is 42.5 Å². The summed E-state index contributed by atoms with van der Waals surface area (Å²) in [5.74, 6) is 1.67. The predicted octanol–water partition coefficient (Wildman–Crippen LogP) is 4.18. The molecule has 0 unspecified atom stereocenters. The van der Waals surface area contributed by atoms with Crippen LogP contribution in [-0.2, 0) is 13.1 Å². The van der Waals surface area contributed by atoms with Crippen LogP contribution in [0.25, 0.3) is 0 Å². The van der Waals surface area contributed by atoms with E-state index < -0.39 is 0 Å². The fourth-order valence-corrected chi connectivity index (χ4v) is 3.95. The molecule has 2 aromatic carbocycles. The van der Waals surface area contributed by atoms with Crippen LogP contribution in [-0.4, -0.2) is 27.5 Å². The van der Waals surface area contributed by atoms with Crippen molar-refractivity contribution in [2.24, 2.45) is 0 Å². The van der Waals surface area contributed by atoms with Crippen LogP contribution in [0, 0.1) is 11.3 Å². The van der Waals surface area contributed by atoms with Crippen molar-refractivity contribution in [3.63, 3.8) is 0 Å². The highest BCUT2D eigenvalue weighted by Gasteiger charge is 2.24. The zero-order valence-electron chi connectivity index (χ0n) is 15.5. The molecule has 136 valence electrons. The van der Waals surface area contributed by atoms with E-state index in [1.165, 1.54) is 29.8 Å². The van der Waals surface area contributed by atoms with Crippen molar-refractivity contribution in [1.29, 1.82) is 5.26 Å². The molecular weight excluding hydrogens is 332 g/mol. The number of aromatic nitrogens is 2. The first kappa shape index (κ1) is 17.5. The van der Waals surface area contributed by atoms with Gasteiger partial charge in [-0.05, 0) is 42.6 Å². The molecule has 1 aliphatic heterocycles. The van der Waals surface area contributed by atoms with Gasteiger partial charge in [0, 0.05) is 37.9 Å². The molecular formula is C23H24N4.